The third kappa shape index (κ3) is 3.06. The van der Waals surface area contributed by atoms with Crippen LogP contribution in [0.15, 0.2) is 60.7 Å². The first kappa shape index (κ1) is 14.1. The van der Waals surface area contributed by atoms with Crippen molar-refractivity contribution < 1.29 is 9.18 Å². The van der Waals surface area contributed by atoms with Crippen LogP contribution in [-0.2, 0) is 11.2 Å². The summed E-state index contributed by atoms with van der Waals surface area (Å²) in [6.45, 7) is 0. The summed E-state index contributed by atoms with van der Waals surface area (Å²) in [5.74, 6) is -0.777. The second-order valence-corrected chi connectivity index (χ2v) is 5.15. The molecule has 0 aromatic heterocycles. The average Bonchev–Trinajstić information content (AvgIpc) is 2.51. The van der Waals surface area contributed by atoms with Crippen molar-refractivity contribution in [3.8, 4) is 0 Å². The van der Waals surface area contributed by atoms with E-state index in [2.05, 4.69) is 5.32 Å². The van der Waals surface area contributed by atoms with E-state index in [0.717, 1.165) is 16.3 Å². The number of nitrogens with one attached hydrogen (secondary N) is 1. The van der Waals surface area contributed by atoms with Gasteiger partial charge in [-0.25, -0.2) is 4.39 Å². The molecule has 22 heavy (non-hydrogen) atoms. The quantitative estimate of drug-likeness (QED) is 0.723. The molecule has 0 unspecified atom stereocenters. The van der Waals surface area contributed by atoms with Gasteiger partial charge >= 0.3 is 0 Å². The fraction of sp³-hybridized carbons (Fsp3) is 0.0556. The minimum absolute atomic E-state index is 0.103. The molecule has 0 aliphatic carbocycles. The molecule has 0 aliphatic heterocycles. The summed E-state index contributed by atoms with van der Waals surface area (Å²) in [6, 6.07) is 17.9. The van der Waals surface area contributed by atoms with Crippen molar-refractivity contribution in [1.82, 2.24) is 0 Å². The number of hydrogen-bond donors (Lipinski definition) is 2. The Morgan fingerprint density at radius 1 is 1.00 bits per heavy atom. The predicted molar refractivity (Wildman–Crippen MR) is 87.1 cm³/mol. The number of amides is 1. The van der Waals surface area contributed by atoms with E-state index >= 15 is 0 Å². The van der Waals surface area contributed by atoms with Crippen molar-refractivity contribution in [2.75, 3.05) is 11.1 Å². The maximum absolute atomic E-state index is 13.6. The van der Waals surface area contributed by atoms with Crippen LogP contribution in [0.25, 0.3) is 10.8 Å². The fourth-order valence-electron chi connectivity index (χ4n) is 2.37. The van der Waals surface area contributed by atoms with E-state index in [9.17, 15) is 9.18 Å². The molecule has 0 radical (unpaired) electrons. The maximum Gasteiger partial charge on any atom is 0.228 e. The van der Waals surface area contributed by atoms with Gasteiger partial charge < -0.3 is 11.1 Å². The lowest BCUT2D eigenvalue weighted by molar-refractivity contribution is -0.115. The van der Waals surface area contributed by atoms with Gasteiger partial charge in [-0.1, -0.05) is 42.5 Å². The minimum atomic E-state index is -0.499. The first-order chi connectivity index (χ1) is 10.6. The van der Waals surface area contributed by atoms with Gasteiger partial charge in [0.15, 0.2) is 0 Å². The Labute approximate surface area is 127 Å². The highest BCUT2D eigenvalue weighted by molar-refractivity contribution is 5.93. The molecule has 3 nitrogen and oxygen atoms in total. The Balaban J connectivity index is 1.76. The monoisotopic (exact) mass is 294 g/mol. The van der Waals surface area contributed by atoms with Crippen LogP contribution < -0.4 is 11.1 Å². The predicted octanol–water partition coefficient (Wildman–Crippen LogP) is 3.74. The molecule has 0 atom stereocenters. The molecule has 0 fully saturated rings. The fourth-order valence-corrected chi connectivity index (χ4v) is 2.37. The van der Waals surface area contributed by atoms with Crippen LogP contribution in [0.4, 0.5) is 15.8 Å². The highest BCUT2D eigenvalue weighted by Crippen LogP contribution is 2.19. The second-order valence-electron chi connectivity index (χ2n) is 5.15. The van der Waals surface area contributed by atoms with Gasteiger partial charge in [0.2, 0.25) is 5.91 Å². The highest BCUT2D eigenvalue weighted by atomic mass is 19.1. The van der Waals surface area contributed by atoms with Crippen LogP contribution in [0.5, 0.6) is 0 Å². The van der Waals surface area contributed by atoms with Crippen molar-refractivity contribution in [3.63, 3.8) is 0 Å². The van der Waals surface area contributed by atoms with E-state index in [0.29, 0.717) is 5.69 Å². The SMILES string of the molecule is Nc1ccc(F)c(NC(=O)Cc2ccc3ccccc3c2)c1. The number of nitrogens with two attached hydrogens (primary N) is 1. The highest BCUT2D eigenvalue weighted by Gasteiger charge is 2.08. The molecule has 0 saturated heterocycles. The second kappa shape index (κ2) is 5.85. The van der Waals surface area contributed by atoms with Crippen LogP contribution in [0.3, 0.4) is 0 Å². The summed E-state index contributed by atoms with van der Waals surface area (Å²) in [5, 5.41) is 4.74. The van der Waals surface area contributed by atoms with Crippen molar-refractivity contribution in [1.29, 1.82) is 0 Å². The Morgan fingerprint density at radius 2 is 1.77 bits per heavy atom. The van der Waals surface area contributed by atoms with Crippen molar-refractivity contribution in [2.45, 2.75) is 6.42 Å². The van der Waals surface area contributed by atoms with Gasteiger partial charge in [0, 0.05) is 5.69 Å². The van der Waals surface area contributed by atoms with Gasteiger partial charge in [-0.2, -0.15) is 0 Å². The van der Waals surface area contributed by atoms with Crippen molar-refractivity contribution in [2.24, 2.45) is 0 Å². The number of nitrogen functional groups attached to an aromatic ring is 1. The number of carbonyl (C=O) groups is 1. The Morgan fingerprint density at radius 3 is 2.59 bits per heavy atom. The Hall–Kier alpha value is -2.88. The largest absolute Gasteiger partial charge is 0.399 e. The summed E-state index contributed by atoms with van der Waals surface area (Å²) in [6.07, 6.45) is 0.180. The zero-order valence-electron chi connectivity index (χ0n) is 11.8. The lowest BCUT2D eigenvalue weighted by Gasteiger charge is -2.08. The normalized spacial score (nSPS) is 10.6. The molecule has 0 saturated carbocycles. The van der Waals surface area contributed by atoms with Gasteiger partial charge in [0.05, 0.1) is 12.1 Å². The van der Waals surface area contributed by atoms with Gasteiger partial charge in [-0.05, 0) is 34.5 Å². The van der Waals surface area contributed by atoms with E-state index in [1.165, 1.54) is 18.2 Å². The molecule has 3 rings (SSSR count). The summed E-state index contributed by atoms with van der Waals surface area (Å²) >= 11 is 0. The van der Waals surface area contributed by atoms with E-state index in [1.807, 2.05) is 42.5 Å². The molecule has 0 aliphatic rings. The van der Waals surface area contributed by atoms with Gasteiger partial charge in [0.1, 0.15) is 5.82 Å². The smallest absolute Gasteiger partial charge is 0.228 e. The van der Waals surface area contributed by atoms with E-state index < -0.39 is 5.82 Å². The third-order valence-electron chi connectivity index (χ3n) is 3.44. The average molecular weight is 294 g/mol. The zero-order chi connectivity index (χ0) is 15.5. The summed E-state index contributed by atoms with van der Waals surface area (Å²) < 4.78 is 13.6. The number of halogens is 1. The number of hydrogen-bond acceptors (Lipinski definition) is 2. The zero-order valence-corrected chi connectivity index (χ0v) is 11.8. The number of benzene rings is 3. The summed E-state index contributed by atoms with van der Waals surface area (Å²) in [4.78, 5) is 12.1. The topological polar surface area (TPSA) is 55.1 Å². The number of anilines is 2. The van der Waals surface area contributed by atoms with Gasteiger partial charge in [-0.15, -0.1) is 0 Å². The molecule has 4 heteroatoms. The van der Waals surface area contributed by atoms with Crippen LogP contribution in [0.2, 0.25) is 0 Å². The molecule has 1 amide bonds. The van der Waals surface area contributed by atoms with Crippen molar-refractivity contribution in [3.05, 3.63) is 72.0 Å². The molecule has 3 aromatic rings. The van der Waals surface area contributed by atoms with Crippen LogP contribution in [0.1, 0.15) is 5.56 Å². The molecule has 110 valence electrons. The summed E-state index contributed by atoms with van der Waals surface area (Å²) in [5.41, 5.74) is 6.98. The minimum Gasteiger partial charge on any atom is -0.399 e. The van der Waals surface area contributed by atoms with E-state index in [-0.39, 0.29) is 18.0 Å². The van der Waals surface area contributed by atoms with Gasteiger partial charge in [0.25, 0.3) is 0 Å². The molecule has 0 spiro atoms. The number of carbonyl (C=O) groups excluding carboxylic acids is 1. The van der Waals surface area contributed by atoms with Crippen molar-refractivity contribution >= 4 is 28.1 Å². The Kier molecular flexibility index (Phi) is 3.74. The molecule has 3 aromatic carbocycles. The first-order valence-electron chi connectivity index (χ1n) is 6.94. The third-order valence-corrected chi connectivity index (χ3v) is 3.44. The molecular formula is C18H15FN2O. The Bertz CT molecular complexity index is 845. The van der Waals surface area contributed by atoms with Crippen LogP contribution in [0, 0.1) is 5.82 Å². The maximum atomic E-state index is 13.6. The first-order valence-corrected chi connectivity index (χ1v) is 6.94. The summed E-state index contributed by atoms with van der Waals surface area (Å²) in [7, 11) is 0. The molecule has 3 N–H and O–H groups in total. The lowest BCUT2D eigenvalue weighted by atomic mass is 10.0. The van der Waals surface area contributed by atoms with E-state index in [1.54, 1.807) is 0 Å². The van der Waals surface area contributed by atoms with Gasteiger partial charge in [-0.3, -0.25) is 4.79 Å². The van der Waals surface area contributed by atoms with Crippen LogP contribution in [-0.4, -0.2) is 5.91 Å². The number of rotatable bonds is 3. The standard InChI is InChI=1S/C18H15FN2O/c19-16-8-7-15(20)11-17(16)21-18(22)10-12-5-6-13-3-1-2-4-14(13)9-12/h1-9,11H,10,20H2,(H,21,22). The molecular weight excluding hydrogens is 279 g/mol. The molecule has 0 bridgehead atoms. The van der Waals surface area contributed by atoms with Crippen LogP contribution >= 0.6 is 0 Å². The molecule has 0 heterocycles. The number of fused-ring (bicyclic) bond motifs is 1. The van der Waals surface area contributed by atoms with E-state index in [4.69, 9.17) is 5.73 Å². The lowest BCUT2D eigenvalue weighted by Crippen LogP contribution is -2.15.